The SMILES string of the molecule is C[C@H](NC(=O)COC(=O)c1cc(-c2ccc(OCc3ccccc3)cc2)nc2ccccc12)c1ccccc1. The largest absolute Gasteiger partial charge is 0.489 e. The van der Waals surface area contributed by atoms with Crippen LogP contribution in [0, 0.1) is 0 Å². The minimum absolute atomic E-state index is 0.203. The van der Waals surface area contributed by atoms with Crippen molar-refractivity contribution in [3.8, 4) is 17.0 Å². The Morgan fingerprint density at radius 3 is 2.23 bits per heavy atom. The fourth-order valence-corrected chi connectivity index (χ4v) is 4.27. The molecular formula is C33H28N2O4. The van der Waals surface area contributed by atoms with Crippen molar-refractivity contribution < 1.29 is 19.1 Å². The fourth-order valence-electron chi connectivity index (χ4n) is 4.27. The van der Waals surface area contributed by atoms with E-state index in [1.54, 1.807) is 6.07 Å². The number of para-hydroxylation sites is 1. The average molecular weight is 517 g/mol. The molecule has 4 aromatic carbocycles. The smallest absolute Gasteiger partial charge is 0.339 e. The summed E-state index contributed by atoms with van der Waals surface area (Å²) < 4.78 is 11.3. The summed E-state index contributed by atoms with van der Waals surface area (Å²) >= 11 is 0. The quantitative estimate of drug-likeness (QED) is 0.226. The lowest BCUT2D eigenvalue weighted by molar-refractivity contribution is -0.124. The summed E-state index contributed by atoms with van der Waals surface area (Å²) in [6.45, 7) is 1.98. The first-order chi connectivity index (χ1) is 19.1. The Labute approximate surface area is 227 Å². The lowest BCUT2D eigenvalue weighted by atomic mass is 10.0. The summed E-state index contributed by atoms with van der Waals surface area (Å²) in [5.41, 5.74) is 4.52. The highest BCUT2D eigenvalue weighted by atomic mass is 16.5. The first-order valence-corrected chi connectivity index (χ1v) is 12.8. The molecule has 39 heavy (non-hydrogen) atoms. The van der Waals surface area contributed by atoms with Crippen LogP contribution in [0.5, 0.6) is 5.75 Å². The minimum Gasteiger partial charge on any atom is -0.489 e. The second-order valence-corrected chi connectivity index (χ2v) is 9.15. The molecule has 0 unspecified atom stereocenters. The first-order valence-electron chi connectivity index (χ1n) is 12.8. The second kappa shape index (κ2) is 12.0. The summed E-state index contributed by atoms with van der Waals surface area (Å²) in [4.78, 5) is 30.4. The van der Waals surface area contributed by atoms with Crippen LogP contribution < -0.4 is 10.1 Å². The normalized spacial score (nSPS) is 11.5. The molecule has 1 heterocycles. The molecule has 0 aliphatic rings. The number of hydrogen-bond donors (Lipinski definition) is 1. The maximum atomic E-state index is 13.1. The van der Waals surface area contributed by atoms with Crippen molar-refractivity contribution in [2.75, 3.05) is 6.61 Å². The number of esters is 1. The lowest BCUT2D eigenvalue weighted by Gasteiger charge is -2.15. The monoisotopic (exact) mass is 516 g/mol. The number of nitrogens with one attached hydrogen (secondary N) is 1. The minimum atomic E-state index is -0.583. The van der Waals surface area contributed by atoms with Crippen LogP contribution >= 0.6 is 0 Å². The Bertz CT molecular complexity index is 1570. The van der Waals surface area contributed by atoms with Crippen molar-refractivity contribution in [3.05, 3.63) is 132 Å². The maximum absolute atomic E-state index is 13.1. The van der Waals surface area contributed by atoms with E-state index in [-0.39, 0.29) is 18.6 Å². The predicted molar refractivity (Wildman–Crippen MR) is 151 cm³/mol. The van der Waals surface area contributed by atoms with E-state index in [4.69, 9.17) is 14.5 Å². The molecule has 0 saturated heterocycles. The van der Waals surface area contributed by atoms with Crippen LogP contribution in [0.1, 0.15) is 34.5 Å². The van der Waals surface area contributed by atoms with E-state index in [0.717, 1.165) is 22.4 Å². The van der Waals surface area contributed by atoms with Gasteiger partial charge in [-0.3, -0.25) is 4.79 Å². The molecule has 0 radical (unpaired) electrons. The van der Waals surface area contributed by atoms with Crippen LogP contribution in [-0.4, -0.2) is 23.5 Å². The third-order valence-corrected chi connectivity index (χ3v) is 6.35. The zero-order valence-corrected chi connectivity index (χ0v) is 21.5. The molecule has 194 valence electrons. The van der Waals surface area contributed by atoms with Gasteiger partial charge in [-0.25, -0.2) is 9.78 Å². The van der Waals surface area contributed by atoms with Gasteiger partial charge in [0.15, 0.2) is 6.61 Å². The number of fused-ring (bicyclic) bond motifs is 1. The molecule has 1 aromatic heterocycles. The number of rotatable bonds is 9. The third-order valence-electron chi connectivity index (χ3n) is 6.35. The van der Waals surface area contributed by atoms with Crippen molar-refractivity contribution >= 4 is 22.8 Å². The van der Waals surface area contributed by atoms with Crippen LogP contribution in [-0.2, 0) is 16.1 Å². The van der Waals surface area contributed by atoms with Gasteiger partial charge in [0.05, 0.1) is 22.8 Å². The van der Waals surface area contributed by atoms with Crippen LogP contribution in [0.15, 0.2) is 115 Å². The Morgan fingerprint density at radius 2 is 1.49 bits per heavy atom. The van der Waals surface area contributed by atoms with Crippen molar-refractivity contribution in [1.82, 2.24) is 10.3 Å². The van der Waals surface area contributed by atoms with Gasteiger partial charge in [-0.05, 0) is 54.4 Å². The standard InChI is InChI=1S/C33H28N2O4/c1-23(25-12-6-3-7-13-25)34-32(36)22-39-33(37)29-20-31(35-30-15-9-8-14-28(29)30)26-16-18-27(19-17-26)38-21-24-10-4-2-5-11-24/h2-20,23H,21-22H2,1H3,(H,34,36)/t23-/m0/s1. The number of carbonyl (C=O) groups excluding carboxylic acids is 2. The third kappa shape index (κ3) is 6.48. The van der Waals surface area contributed by atoms with E-state index < -0.39 is 5.97 Å². The summed E-state index contributed by atoms with van der Waals surface area (Å²) in [6.07, 6.45) is 0. The fraction of sp³-hybridized carbons (Fsp3) is 0.121. The predicted octanol–water partition coefficient (Wildman–Crippen LogP) is 6.52. The average Bonchev–Trinajstić information content (AvgIpc) is 2.99. The van der Waals surface area contributed by atoms with Crippen molar-refractivity contribution in [1.29, 1.82) is 0 Å². The molecule has 0 bridgehead atoms. The van der Waals surface area contributed by atoms with Crippen molar-refractivity contribution in [2.24, 2.45) is 0 Å². The number of ether oxygens (including phenoxy) is 2. The first kappa shape index (κ1) is 25.7. The van der Waals surface area contributed by atoms with Crippen LogP contribution in [0.25, 0.3) is 22.2 Å². The van der Waals surface area contributed by atoms with Gasteiger partial charge < -0.3 is 14.8 Å². The molecule has 1 atom stereocenters. The summed E-state index contributed by atoms with van der Waals surface area (Å²) in [5, 5.41) is 3.52. The number of carbonyl (C=O) groups is 2. The summed E-state index contributed by atoms with van der Waals surface area (Å²) in [7, 11) is 0. The van der Waals surface area contributed by atoms with Gasteiger partial charge in [0.1, 0.15) is 12.4 Å². The molecule has 0 fully saturated rings. The van der Waals surface area contributed by atoms with Gasteiger partial charge >= 0.3 is 5.97 Å². The second-order valence-electron chi connectivity index (χ2n) is 9.15. The highest BCUT2D eigenvalue weighted by Crippen LogP contribution is 2.27. The zero-order chi connectivity index (χ0) is 27.0. The molecule has 1 amide bonds. The number of hydrogen-bond acceptors (Lipinski definition) is 5. The Kier molecular flexibility index (Phi) is 7.93. The van der Waals surface area contributed by atoms with Gasteiger partial charge in [-0.15, -0.1) is 0 Å². The number of amides is 1. The number of aromatic nitrogens is 1. The molecule has 0 aliphatic heterocycles. The van der Waals surface area contributed by atoms with E-state index in [0.29, 0.717) is 28.8 Å². The molecule has 1 N–H and O–H groups in total. The number of nitrogens with zero attached hydrogens (tertiary/aromatic N) is 1. The van der Waals surface area contributed by atoms with Crippen LogP contribution in [0.2, 0.25) is 0 Å². The Morgan fingerprint density at radius 1 is 0.821 bits per heavy atom. The molecular weight excluding hydrogens is 488 g/mol. The lowest BCUT2D eigenvalue weighted by Crippen LogP contribution is -2.31. The highest BCUT2D eigenvalue weighted by Gasteiger charge is 2.17. The Balaban J connectivity index is 1.29. The van der Waals surface area contributed by atoms with Gasteiger partial charge in [-0.1, -0.05) is 78.9 Å². The van der Waals surface area contributed by atoms with Crippen LogP contribution in [0.3, 0.4) is 0 Å². The number of pyridine rings is 1. The van der Waals surface area contributed by atoms with E-state index in [1.165, 1.54) is 0 Å². The molecule has 5 aromatic rings. The Hall–Kier alpha value is -4.97. The summed E-state index contributed by atoms with van der Waals surface area (Å²) in [6, 6.07) is 36.0. The van der Waals surface area contributed by atoms with E-state index in [9.17, 15) is 9.59 Å². The topological polar surface area (TPSA) is 77.5 Å². The van der Waals surface area contributed by atoms with Crippen molar-refractivity contribution in [2.45, 2.75) is 19.6 Å². The molecule has 5 rings (SSSR count). The molecule has 0 aliphatic carbocycles. The van der Waals surface area contributed by atoms with Gasteiger partial charge in [0.25, 0.3) is 5.91 Å². The van der Waals surface area contributed by atoms with E-state index in [2.05, 4.69) is 5.32 Å². The maximum Gasteiger partial charge on any atom is 0.339 e. The molecule has 6 heteroatoms. The summed E-state index contributed by atoms with van der Waals surface area (Å²) in [5.74, 6) is -0.219. The van der Waals surface area contributed by atoms with Gasteiger partial charge in [0, 0.05) is 10.9 Å². The molecule has 6 nitrogen and oxygen atoms in total. The van der Waals surface area contributed by atoms with Gasteiger partial charge in [0.2, 0.25) is 0 Å². The van der Waals surface area contributed by atoms with Crippen LogP contribution in [0.4, 0.5) is 0 Å². The van der Waals surface area contributed by atoms with Gasteiger partial charge in [-0.2, -0.15) is 0 Å². The van der Waals surface area contributed by atoms with E-state index in [1.807, 2.05) is 116 Å². The molecule has 0 saturated carbocycles. The van der Waals surface area contributed by atoms with Crippen molar-refractivity contribution in [3.63, 3.8) is 0 Å². The van der Waals surface area contributed by atoms with E-state index >= 15 is 0 Å². The zero-order valence-electron chi connectivity index (χ0n) is 21.5. The number of benzene rings is 4. The molecule has 0 spiro atoms. The highest BCUT2D eigenvalue weighted by molar-refractivity contribution is 6.05.